The summed E-state index contributed by atoms with van der Waals surface area (Å²) in [5.41, 5.74) is 0.435. The Morgan fingerprint density at radius 2 is 2.08 bits per heavy atom. The summed E-state index contributed by atoms with van der Waals surface area (Å²) in [7, 11) is 0. The van der Waals surface area contributed by atoms with Crippen molar-refractivity contribution in [1.82, 2.24) is 5.06 Å². The fraction of sp³-hybridized carbons (Fsp3) is 0.667. The lowest BCUT2D eigenvalue weighted by molar-refractivity contribution is -0.184. The molecule has 0 fully saturated rings. The normalized spacial score (nSPS) is 10.0. The van der Waals surface area contributed by atoms with Gasteiger partial charge in [-0.25, -0.2) is 4.79 Å². The smallest absolute Gasteiger partial charge is 0.352 e. The SMILES string of the molecule is C=C(C)C(=O)ON(CC)CCC. The first-order valence-corrected chi connectivity index (χ1v) is 4.24. The molecule has 0 aliphatic carbocycles. The molecule has 0 atom stereocenters. The van der Waals surface area contributed by atoms with Gasteiger partial charge in [0.1, 0.15) is 0 Å². The molecule has 0 aliphatic rings. The van der Waals surface area contributed by atoms with Crippen molar-refractivity contribution in [3.63, 3.8) is 0 Å². The number of rotatable bonds is 5. The maximum atomic E-state index is 11.0. The van der Waals surface area contributed by atoms with E-state index in [1.165, 1.54) is 0 Å². The average Bonchev–Trinajstić information content (AvgIpc) is 2.03. The van der Waals surface area contributed by atoms with Gasteiger partial charge in [-0.2, -0.15) is 0 Å². The molecule has 0 saturated heterocycles. The lowest BCUT2D eigenvalue weighted by Gasteiger charge is -2.18. The Morgan fingerprint density at radius 1 is 1.50 bits per heavy atom. The van der Waals surface area contributed by atoms with Crippen LogP contribution in [0.2, 0.25) is 0 Å². The number of nitrogens with zero attached hydrogens (tertiary/aromatic N) is 1. The Balaban J connectivity index is 3.85. The first-order chi connectivity index (χ1) is 5.61. The van der Waals surface area contributed by atoms with Gasteiger partial charge in [0.2, 0.25) is 0 Å². The van der Waals surface area contributed by atoms with Crippen molar-refractivity contribution in [2.45, 2.75) is 27.2 Å². The van der Waals surface area contributed by atoms with Crippen LogP contribution in [-0.4, -0.2) is 24.1 Å². The van der Waals surface area contributed by atoms with Gasteiger partial charge in [-0.3, -0.25) is 0 Å². The van der Waals surface area contributed by atoms with Gasteiger partial charge in [-0.05, 0) is 20.3 Å². The van der Waals surface area contributed by atoms with Gasteiger partial charge in [-0.15, -0.1) is 5.06 Å². The summed E-state index contributed by atoms with van der Waals surface area (Å²) in [5.74, 6) is -0.342. The van der Waals surface area contributed by atoms with Gasteiger partial charge in [0.15, 0.2) is 0 Å². The van der Waals surface area contributed by atoms with Crippen molar-refractivity contribution in [1.29, 1.82) is 0 Å². The zero-order chi connectivity index (χ0) is 9.56. The highest BCUT2D eigenvalue weighted by molar-refractivity contribution is 5.86. The van der Waals surface area contributed by atoms with E-state index in [1.54, 1.807) is 12.0 Å². The summed E-state index contributed by atoms with van der Waals surface area (Å²) in [5, 5.41) is 1.64. The van der Waals surface area contributed by atoms with Crippen LogP contribution in [0.3, 0.4) is 0 Å². The molecule has 12 heavy (non-hydrogen) atoms. The van der Waals surface area contributed by atoms with Gasteiger partial charge < -0.3 is 4.84 Å². The predicted molar refractivity (Wildman–Crippen MR) is 48.4 cm³/mol. The number of carbonyl (C=O) groups is 1. The highest BCUT2D eigenvalue weighted by Crippen LogP contribution is 1.98. The maximum absolute atomic E-state index is 11.0. The van der Waals surface area contributed by atoms with Gasteiger partial charge in [0, 0.05) is 18.7 Å². The second kappa shape index (κ2) is 5.77. The second-order valence-electron chi connectivity index (χ2n) is 2.68. The van der Waals surface area contributed by atoms with Crippen molar-refractivity contribution >= 4 is 5.97 Å². The molecule has 0 unspecified atom stereocenters. The molecule has 0 radical (unpaired) electrons. The fourth-order valence-corrected chi connectivity index (χ4v) is 0.713. The summed E-state index contributed by atoms with van der Waals surface area (Å²) < 4.78 is 0. The minimum Gasteiger partial charge on any atom is -0.364 e. The Labute approximate surface area is 74.0 Å². The van der Waals surface area contributed by atoms with E-state index in [0.717, 1.165) is 13.0 Å². The molecule has 0 rings (SSSR count). The molecule has 0 bridgehead atoms. The summed E-state index contributed by atoms with van der Waals surface area (Å²) in [6, 6.07) is 0. The zero-order valence-corrected chi connectivity index (χ0v) is 8.09. The molecule has 0 heterocycles. The molecule has 0 amide bonds. The second-order valence-corrected chi connectivity index (χ2v) is 2.68. The quantitative estimate of drug-likeness (QED) is 0.466. The van der Waals surface area contributed by atoms with Crippen LogP contribution in [0.5, 0.6) is 0 Å². The van der Waals surface area contributed by atoms with Crippen LogP contribution < -0.4 is 0 Å². The van der Waals surface area contributed by atoms with Crippen LogP contribution in [0, 0.1) is 0 Å². The molecule has 0 spiro atoms. The van der Waals surface area contributed by atoms with E-state index < -0.39 is 0 Å². The number of carbonyl (C=O) groups excluding carboxylic acids is 1. The van der Waals surface area contributed by atoms with Crippen LogP contribution in [0.15, 0.2) is 12.2 Å². The third-order valence-corrected chi connectivity index (χ3v) is 1.39. The summed E-state index contributed by atoms with van der Waals surface area (Å²) in [4.78, 5) is 16.0. The third kappa shape index (κ3) is 4.13. The Kier molecular flexibility index (Phi) is 5.37. The Morgan fingerprint density at radius 3 is 2.42 bits per heavy atom. The molecule has 0 aromatic rings. The van der Waals surface area contributed by atoms with E-state index in [0.29, 0.717) is 12.1 Å². The molecule has 3 nitrogen and oxygen atoms in total. The van der Waals surface area contributed by atoms with E-state index >= 15 is 0 Å². The summed E-state index contributed by atoms with van der Waals surface area (Å²) in [6.07, 6.45) is 0.970. The van der Waals surface area contributed by atoms with Crippen LogP contribution in [-0.2, 0) is 9.63 Å². The highest BCUT2D eigenvalue weighted by atomic mass is 16.7. The molecule has 70 valence electrons. The van der Waals surface area contributed by atoms with Crippen LogP contribution >= 0.6 is 0 Å². The average molecular weight is 171 g/mol. The molecule has 0 aromatic heterocycles. The third-order valence-electron chi connectivity index (χ3n) is 1.39. The molecular weight excluding hydrogens is 154 g/mol. The van der Waals surface area contributed by atoms with Gasteiger partial charge in [0.25, 0.3) is 0 Å². The van der Waals surface area contributed by atoms with Crippen molar-refractivity contribution in [3.05, 3.63) is 12.2 Å². The van der Waals surface area contributed by atoms with Crippen molar-refractivity contribution in [2.24, 2.45) is 0 Å². The minimum atomic E-state index is -0.342. The fourth-order valence-electron chi connectivity index (χ4n) is 0.713. The maximum Gasteiger partial charge on any atom is 0.352 e. The lowest BCUT2D eigenvalue weighted by Crippen LogP contribution is -2.28. The van der Waals surface area contributed by atoms with E-state index in [1.807, 2.05) is 13.8 Å². The molecular formula is C9H17NO2. The highest BCUT2D eigenvalue weighted by Gasteiger charge is 2.08. The lowest BCUT2D eigenvalue weighted by atomic mass is 10.4. The van der Waals surface area contributed by atoms with Crippen molar-refractivity contribution in [3.8, 4) is 0 Å². The van der Waals surface area contributed by atoms with Gasteiger partial charge in [-0.1, -0.05) is 13.5 Å². The topological polar surface area (TPSA) is 29.5 Å². The monoisotopic (exact) mass is 171 g/mol. The van der Waals surface area contributed by atoms with Crippen molar-refractivity contribution < 1.29 is 9.63 Å². The number of hydroxylamine groups is 2. The predicted octanol–water partition coefficient (Wildman–Crippen LogP) is 1.75. The summed E-state index contributed by atoms with van der Waals surface area (Å²) in [6.45, 7) is 10.6. The Hall–Kier alpha value is -0.830. The van der Waals surface area contributed by atoms with E-state index in [9.17, 15) is 4.79 Å². The van der Waals surface area contributed by atoms with Gasteiger partial charge in [0.05, 0.1) is 0 Å². The molecule has 3 heteroatoms. The Bertz CT molecular complexity index is 166. The number of hydrogen-bond acceptors (Lipinski definition) is 3. The molecule has 0 saturated carbocycles. The van der Waals surface area contributed by atoms with Crippen LogP contribution in [0.1, 0.15) is 27.2 Å². The van der Waals surface area contributed by atoms with E-state index in [4.69, 9.17) is 4.84 Å². The van der Waals surface area contributed by atoms with Crippen molar-refractivity contribution in [2.75, 3.05) is 13.1 Å². The largest absolute Gasteiger partial charge is 0.364 e. The molecule has 0 aromatic carbocycles. The van der Waals surface area contributed by atoms with Crippen LogP contribution in [0.4, 0.5) is 0 Å². The standard InChI is InChI=1S/C9H17NO2/c1-5-7-10(6-2)12-9(11)8(3)4/h3,5-7H2,1-2,4H3. The molecule has 0 aliphatic heterocycles. The molecule has 0 N–H and O–H groups in total. The van der Waals surface area contributed by atoms with Crippen LogP contribution in [0.25, 0.3) is 0 Å². The van der Waals surface area contributed by atoms with Gasteiger partial charge >= 0.3 is 5.97 Å². The summed E-state index contributed by atoms with van der Waals surface area (Å²) >= 11 is 0. The zero-order valence-electron chi connectivity index (χ0n) is 8.09. The van der Waals surface area contributed by atoms with E-state index in [2.05, 4.69) is 6.58 Å². The van der Waals surface area contributed by atoms with E-state index in [-0.39, 0.29) is 5.97 Å². The first kappa shape index (κ1) is 11.2. The minimum absolute atomic E-state index is 0.342. The number of hydrogen-bond donors (Lipinski definition) is 0. The first-order valence-electron chi connectivity index (χ1n) is 4.24.